The molecule has 1 heterocycles. The van der Waals surface area contributed by atoms with Crippen LogP contribution in [0.15, 0.2) is 48.5 Å². The molecule has 1 atom stereocenters. The molecule has 0 aliphatic carbocycles. The van der Waals surface area contributed by atoms with Gasteiger partial charge in [-0.25, -0.2) is 4.79 Å². The number of carbonyl (C=O) groups excluding carboxylic acids is 2. The molecule has 0 radical (unpaired) electrons. The number of amides is 3. The van der Waals surface area contributed by atoms with Crippen LogP contribution in [0.5, 0.6) is 0 Å². The molecule has 0 bridgehead atoms. The molecule has 1 N–H and O–H groups in total. The minimum Gasteiger partial charge on any atom is -0.319 e. The maximum atomic E-state index is 13.1. The highest BCUT2D eigenvalue weighted by Crippen LogP contribution is 2.33. The zero-order valence-electron chi connectivity index (χ0n) is 14.3. The van der Waals surface area contributed by atoms with Crippen molar-refractivity contribution in [2.45, 2.75) is 39.3 Å². The number of benzene rings is 2. The summed E-state index contributed by atoms with van der Waals surface area (Å²) in [6.07, 6.45) is 0.519. The van der Waals surface area contributed by atoms with Crippen molar-refractivity contribution in [3.05, 3.63) is 70.8 Å². The van der Waals surface area contributed by atoms with Crippen LogP contribution in [0, 0.1) is 13.8 Å². The SMILES string of the molecule is CCC1(c2ccccc2)NC(=O)N(Cc2cc(C)cc(C)c2)C1=O. The zero-order chi connectivity index (χ0) is 17.3. The summed E-state index contributed by atoms with van der Waals surface area (Å²) in [6.45, 7) is 6.25. The van der Waals surface area contributed by atoms with Gasteiger partial charge in [0, 0.05) is 0 Å². The largest absolute Gasteiger partial charge is 0.325 e. The van der Waals surface area contributed by atoms with Crippen molar-refractivity contribution in [2.75, 3.05) is 0 Å². The number of urea groups is 1. The molecule has 4 nitrogen and oxygen atoms in total. The predicted octanol–water partition coefficient (Wildman–Crippen LogP) is 3.66. The Hall–Kier alpha value is -2.62. The van der Waals surface area contributed by atoms with Crippen molar-refractivity contribution >= 4 is 11.9 Å². The van der Waals surface area contributed by atoms with Crippen LogP contribution < -0.4 is 5.32 Å². The van der Waals surface area contributed by atoms with Crippen LogP contribution in [-0.2, 0) is 16.9 Å². The number of nitrogens with one attached hydrogen (secondary N) is 1. The molecule has 1 unspecified atom stereocenters. The summed E-state index contributed by atoms with van der Waals surface area (Å²) in [6, 6.07) is 15.2. The average molecular weight is 322 g/mol. The zero-order valence-corrected chi connectivity index (χ0v) is 14.3. The molecule has 3 rings (SSSR count). The Balaban J connectivity index is 1.94. The van der Waals surface area contributed by atoms with E-state index < -0.39 is 5.54 Å². The minimum atomic E-state index is -0.961. The Labute approximate surface area is 142 Å². The van der Waals surface area contributed by atoms with Gasteiger partial charge in [-0.05, 0) is 31.4 Å². The van der Waals surface area contributed by atoms with Crippen molar-refractivity contribution in [1.29, 1.82) is 0 Å². The van der Waals surface area contributed by atoms with Gasteiger partial charge in [-0.1, -0.05) is 66.6 Å². The fourth-order valence-corrected chi connectivity index (χ4v) is 3.47. The van der Waals surface area contributed by atoms with Crippen molar-refractivity contribution in [3.63, 3.8) is 0 Å². The van der Waals surface area contributed by atoms with Crippen LogP contribution in [-0.4, -0.2) is 16.8 Å². The molecule has 0 saturated carbocycles. The lowest BCUT2D eigenvalue weighted by molar-refractivity contribution is -0.132. The first-order valence-electron chi connectivity index (χ1n) is 8.23. The Kier molecular flexibility index (Phi) is 4.14. The first-order chi connectivity index (χ1) is 11.5. The first kappa shape index (κ1) is 16.2. The van der Waals surface area contributed by atoms with Gasteiger partial charge in [0.1, 0.15) is 5.54 Å². The third-order valence-electron chi connectivity index (χ3n) is 4.59. The van der Waals surface area contributed by atoms with Crippen LogP contribution >= 0.6 is 0 Å². The van der Waals surface area contributed by atoms with Gasteiger partial charge in [-0.3, -0.25) is 9.69 Å². The number of aryl methyl sites for hydroxylation is 2. The highest BCUT2D eigenvalue weighted by atomic mass is 16.2. The molecule has 2 aromatic rings. The number of hydrogen-bond acceptors (Lipinski definition) is 2. The summed E-state index contributed by atoms with van der Waals surface area (Å²) in [5.41, 5.74) is 3.09. The summed E-state index contributed by atoms with van der Waals surface area (Å²) < 4.78 is 0. The van der Waals surface area contributed by atoms with E-state index in [4.69, 9.17) is 0 Å². The molecule has 24 heavy (non-hydrogen) atoms. The molecule has 0 spiro atoms. The van der Waals surface area contributed by atoms with Gasteiger partial charge in [0.05, 0.1) is 6.54 Å². The Morgan fingerprint density at radius 1 is 1.00 bits per heavy atom. The van der Waals surface area contributed by atoms with E-state index in [-0.39, 0.29) is 11.9 Å². The molecular formula is C20H22N2O2. The third kappa shape index (κ3) is 2.68. The lowest BCUT2D eigenvalue weighted by Gasteiger charge is -2.25. The van der Waals surface area contributed by atoms with Gasteiger partial charge in [-0.2, -0.15) is 0 Å². The van der Waals surface area contributed by atoms with E-state index in [9.17, 15) is 9.59 Å². The summed E-state index contributed by atoms with van der Waals surface area (Å²) in [4.78, 5) is 26.9. The lowest BCUT2D eigenvalue weighted by Crippen LogP contribution is -2.43. The smallest absolute Gasteiger partial charge is 0.319 e. The fourth-order valence-electron chi connectivity index (χ4n) is 3.47. The second kappa shape index (κ2) is 6.11. The standard InChI is InChI=1S/C20H22N2O2/c1-4-20(17-8-6-5-7-9-17)18(23)22(19(24)21-20)13-16-11-14(2)10-15(3)12-16/h5-12H,4,13H2,1-3H3,(H,21,24). The third-order valence-corrected chi connectivity index (χ3v) is 4.59. The second-order valence-electron chi connectivity index (χ2n) is 6.44. The normalized spacial score (nSPS) is 20.4. The van der Waals surface area contributed by atoms with Crippen LogP contribution in [0.25, 0.3) is 0 Å². The monoisotopic (exact) mass is 322 g/mol. The number of imide groups is 1. The lowest BCUT2D eigenvalue weighted by atomic mass is 9.87. The maximum absolute atomic E-state index is 13.1. The molecule has 124 valence electrons. The Morgan fingerprint density at radius 3 is 2.21 bits per heavy atom. The number of hydrogen-bond donors (Lipinski definition) is 1. The highest BCUT2D eigenvalue weighted by molar-refractivity contribution is 6.07. The topological polar surface area (TPSA) is 49.4 Å². The summed E-state index contributed by atoms with van der Waals surface area (Å²) in [7, 11) is 0. The summed E-state index contributed by atoms with van der Waals surface area (Å²) in [5.74, 6) is -0.180. The number of carbonyl (C=O) groups is 2. The van der Waals surface area contributed by atoms with Crippen molar-refractivity contribution in [2.24, 2.45) is 0 Å². The predicted molar refractivity (Wildman–Crippen MR) is 93.4 cm³/mol. The van der Waals surface area contributed by atoms with Crippen molar-refractivity contribution < 1.29 is 9.59 Å². The van der Waals surface area contributed by atoms with E-state index in [0.29, 0.717) is 13.0 Å². The molecule has 0 aromatic heterocycles. The molecule has 3 amide bonds. The van der Waals surface area contributed by atoms with Gasteiger partial charge in [-0.15, -0.1) is 0 Å². The van der Waals surface area contributed by atoms with Gasteiger partial charge in [0.25, 0.3) is 5.91 Å². The summed E-state index contributed by atoms with van der Waals surface area (Å²) in [5, 5.41) is 2.92. The van der Waals surface area contributed by atoms with Crippen molar-refractivity contribution in [1.82, 2.24) is 10.2 Å². The maximum Gasteiger partial charge on any atom is 0.325 e. The fraction of sp³-hybridized carbons (Fsp3) is 0.300. The summed E-state index contributed by atoms with van der Waals surface area (Å²) >= 11 is 0. The molecule has 2 aromatic carbocycles. The van der Waals surface area contributed by atoms with E-state index in [2.05, 4.69) is 11.4 Å². The van der Waals surface area contributed by atoms with Crippen LogP contribution in [0.3, 0.4) is 0 Å². The number of nitrogens with zero attached hydrogens (tertiary/aromatic N) is 1. The molecule has 1 fully saturated rings. The van der Waals surface area contributed by atoms with Crippen LogP contribution in [0.1, 0.15) is 35.6 Å². The molecule has 1 aliphatic heterocycles. The van der Waals surface area contributed by atoms with E-state index in [1.165, 1.54) is 4.90 Å². The molecular weight excluding hydrogens is 300 g/mol. The van der Waals surface area contributed by atoms with Gasteiger partial charge < -0.3 is 5.32 Å². The van der Waals surface area contributed by atoms with Crippen LogP contribution in [0.4, 0.5) is 4.79 Å². The highest BCUT2D eigenvalue weighted by Gasteiger charge is 2.50. The van der Waals surface area contributed by atoms with E-state index in [0.717, 1.165) is 22.3 Å². The molecule has 1 aliphatic rings. The quantitative estimate of drug-likeness (QED) is 0.873. The van der Waals surface area contributed by atoms with Gasteiger partial charge in [0.2, 0.25) is 0 Å². The Morgan fingerprint density at radius 2 is 1.62 bits per heavy atom. The number of rotatable bonds is 4. The minimum absolute atomic E-state index is 0.180. The van der Waals surface area contributed by atoms with Crippen molar-refractivity contribution in [3.8, 4) is 0 Å². The van der Waals surface area contributed by atoms with E-state index in [1.54, 1.807) is 0 Å². The molecule has 4 heteroatoms. The van der Waals surface area contributed by atoms with Gasteiger partial charge >= 0.3 is 6.03 Å². The van der Waals surface area contributed by atoms with Crippen LogP contribution in [0.2, 0.25) is 0 Å². The average Bonchev–Trinajstić information content (AvgIpc) is 2.80. The molecule has 1 saturated heterocycles. The Bertz CT molecular complexity index is 765. The first-order valence-corrected chi connectivity index (χ1v) is 8.23. The van der Waals surface area contributed by atoms with E-state index >= 15 is 0 Å². The second-order valence-corrected chi connectivity index (χ2v) is 6.44. The van der Waals surface area contributed by atoms with Gasteiger partial charge in [0.15, 0.2) is 0 Å². The van der Waals surface area contributed by atoms with E-state index in [1.807, 2.05) is 63.2 Å².